The lowest BCUT2D eigenvalue weighted by atomic mass is 10.1. The van der Waals surface area contributed by atoms with E-state index in [4.69, 9.17) is 0 Å². The molecule has 0 aromatic heterocycles. The fourth-order valence-corrected chi connectivity index (χ4v) is 3.63. The summed E-state index contributed by atoms with van der Waals surface area (Å²) < 4.78 is 0. The molecule has 1 aromatic rings. The third-order valence-corrected chi connectivity index (χ3v) is 4.76. The Morgan fingerprint density at radius 3 is 2.30 bits per heavy atom. The van der Waals surface area contributed by atoms with Crippen molar-refractivity contribution in [3.63, 3.8) is 0 Å². The number of nitrogens with zero attached hydrogens (tertiary/aromatic N) is 1. The Morgan fingerprint density at radius 1 is 1.10 bits per heavy atom. The van der Waals surface area contributed by atoms with Gasteiger partial charge in [-0.05, 0) is 23.3 Å². The average molecular weight is 285 g/mol. The van der Waals surface area contributed by atoms with Crippen LogP contribution in [0.4, 0.5) is 0 Å². The van der Waals surface area contributed by atoms with Crippen molar-refractivity contribution in [2.24, 2.45) is 0 Å². The minimum atomic E-state index is -0.205. The summed E-state index contributed by atoms with van der Waals surface area (Å²) in [6.45, 7) is 0. The van der Waals surface area contributed by atoms with Crippen LogP contribution in [0.5, 0.6) is 0 Å². The maximum absolute atomic E-state index is 11.9. The molecule has 1 atom stereocenters. The molecule has 4 heteroatoms. The molecule has 1 aliphatic heterocycles. The number of thioether (sulfide) groups is 1. The van der Waals surface area contributed by atoms with Crippen molar-refractivity contribution in [2.45, 2.75) is 24.6 Å². The SMILES string of the molecule is O=C1C=CC(=O)N1C(Cc1ccccc1)SC1=CCC1. The number of rotatable bonds is 5. The first-order chi connectivity index (χ1) is 9.74. The monoisotopic (exact) mass is 285 g/mol. The van der Waals surface area contributed by atoms with Gasteiger partial charge in [-0.2, -0.15) is 0 Å². The van der Waals surface area contributed by atoms with Crippen molar-refractivity contribution in [1.29, 1.82) is 0 Å². The largest absolute Gasteiger partial charge is 0.269 e. The first-order valence-electron chi connectivity index (χ1n) is 6.69. The first kappa shape index (κ1) is 13.2. The molecule has 1 unspecified atom stereocenters. The lowest BCUT2D eigenvalue weighted by Crippen LogP contribution is -2.39. The highest BCUT2D eigenvalue weighted by atomic mass is 32.2. The molecule has 1 heterocycles. The number of allylic oxidation sites excluding steroid dienone is 2. The van der Waals surface area contributed by atoms with Gasteiger partial charge in [-0.15, -0.1) is 11.8 Å². The van der Waals surface area contributed by atoms with Gasteiger partial charge in [0, 0.05) is 18.6 Å². The summed E-state index contributed by atoms with van der Waals surface area (Å²) in [5.74, 6) is -0.410. The van der Waals surface area contributed by atoms with E-state index >= 15 is 0 Å². The third-order valence-electron chi connectivity index (χ3n) is 3.43. The van der Waals surface area contributed by atoms with Crippen LogP contribution in [0.1, 0.15) is 18.4 Å². The van der Waals surface area contributed by atoms with Crippen molar-refractivity contribution in [3.05, 3.63) is 59.0 Å². The molecule has 0 N–H and O–H groups in total. The topological polar surface area (TPSA) is 37.4 Å². The molecule has 1 aliphatic carbocycles. The van der Waals surface area contributed by atoms with E-state index < -0.39 is 0 Å². The number of benzene rings is 1. The Balaban J connectivity index is 1.80. The zero-order valence-electron chi connectivity index (χ0n) is 11.0. The zero-order chi connectivity index (χ0) is 13.9. The molecule has 0 saturated carbocycles. The number of hydrogen-bond donors (Lipinski definition) is 0. The van der Waals surface area contributed by atoms with Gasteiger partial charge in [0.2, 0.25) is 0 Å². The van der Waals surface area contributed by atoms with Crippen molar-refractivity contribution in [1.82, 2.24) is 4.90 Å². The second-order valence-electron chi connectivity index (χ2n) is 4.85. The Bertz CT molecular complexity index is 574. The molecule has 3 rings (SSSR count). The lowest BCUT2D eigenvalue weighted by molar-refractivity contribution is -0.137. The van der Waals surface area contributed by atoms with E-state index in [9.17, 15) is 9.59 Å². The highest BCUT2D eigenvalue weighted by Gasteiger charge is 2.32. The second-order valence-corrected chi connectivity index (χ2v) is 6.16. The van der Waals surface area contributed by atoms with Gasteiger partial charge in [0.1, 0.15) is 0 Å². The molecule has 0 saturated heterocycles. The smallest absolute Gasteiger partial charge is 0.254 e. The molecular weight excluding hydrogens is 270 g/mol. The van der Waals surface area contributed by atoms with Gasteiger partial charge >= 0.3 is 0 Å². The minimum absolute atomic E-state index is 0.154. The molecule has 20 heavy (non-hydrogen) atoms. The van der Waals surface area contributed by atoms with E-state index in [1.54, 1.807) is 11.8 Å². The normalized spacial score (nSPS) is 19.0. The molecule has 2 amide bonds. The van der Waals surface area contributed by atoms with Crippen molar-refractivity contribution < 1.29 is 9.59 Å². The molecule has 102 valence electrons. The van der Waals surface area contributed by atoms with Crippen LogP contribution in [0, 0.1) is 0 Å². The summed E-state index contributed by atoms with van der Waals surface area (Å²) in [5, 5.41) is -0.154. The summed E-state index contributed by atoms with van der Waals surface area (Å²) in [5.41, 5.74) is 1.14. The minimum Gasteiger partial charge on any atom is -0.269 e. The summed E-state index contributed by atoms with van der Waals surface area (Å²) in [6, 6.07) is 9.98. The van der Waals surface area contributed by atoms with E-state index in [0.717, 1.165) is 18.4 Å². The highest BCUT2D eigenvalue weighted by Crippen LogP contribution is 2.36. The Morgan fingerprint density at radius 2 is 1.75 bits per heavy atom. The fourth-order valence-electron chi connectivity index (χ4n) is 2.24. The molecular formula is C16H15NO2S. The molecule has 0 radical (unpaired) electrons. The van der Waals surface area contributed by atoms with Crippen LogP contribution in [-0.4, -0.2) is 22.1 Å². The van der Waals surface area contributed by atoms with Crippen LogP contribution in [-0.2, 0) is 16.0 Å². The lowest BCUT2D eigenvalue weighted by Gasteiger charge is -2.28. The van der Waals surface area contributed by atoms with Gasteiger partial charge in [0.05, 0.1) is 5.37 Å². The van der Waals surface area contributed by atoms with E-state index in [1.165, 1.54) is 22.0 Å². The van der Waals surface area contributed by atoms with Gasteiger partial charge in [0.25, 0.3) is 11.8 Å². The number of carbonyl (C=O) groups excluding carboxylic acids is 2. The number of carbonyl (C=O) groups is 2. The maximum Gasteiger partial charge on any atom is 0.254 e. The van der Waals surface area contributed by atoms with Crippen molar-refractivity contribution >= 4 is 23.6 Å². The Hall–Kier alpha value is -1.81. The van der Waals surface area contributed by atoms with Crippen LogP contribution in [0.3, 0.4) is 0 Å². The van der Waals surface area contributed by atoms with Crippen LogP contribution in [0.2, 0.25) is 0 Å². The van der Waals surface area contributed by atoms with E-state index in [1.807, 2.05) is 30.3 Å². The Labute approximate surface area is 122 Å². The van der Waals surface area contributed by atoms with Crippen LogP contribution in [0.15, 0.2) is 53.5 Å². The van der Waals surface area contributed by atoms with Gasteiger partial charge in [-0.3, -0.25) is 14.5 Å². The van der Waals surface area contributed by atoms with Crippen LogP contribution < -0.4 is 0 Å². The van der Waals surface area contributed by atoms with Gasteiger partial charge in [0.15, 0.2) is 0 Å². The summed E-state index contributed by atoms with van der Waals surface area (Å²) in [7, 11) is 0. The Kier molecular flexibility index (Phi) is 3.74. The molecule has 3 nitrogen and oxygen atoms in total. The second kappa shape index (κ2) is 5.67. The fraction of sp³-hybridized carbons (Fsp3) is 0.250. The summed E-state index contributed by atoms with van der Waals surface area (Å²) in [6.07, 6.45) is 7.72. The predicted molar refractivity (Wildman–Crippen MR) is 79.8 cm³/mol. The molecule has 0 spiro atoms. The standard InChI is InChI=1S/C16H15NO2S/c18-14-9-10-15(19)17(14)16(20-13-7-4-8-13)11-12-5-2-1-3-6-12/h1-3,5-7,9-10,16H,4,8,11H2. The predicted octanol–water partition coefficient (Wildman–Crippen LogP) is 2.89. The number of hydrogen-bond acceptors (Lipinski definition) is 3. The first-order valence-corrected chi connectivity index (χ1v) is 7.57. The zero-order valence-corrected chi connectivity index (χ0v) is 11.8. The molecule has 1 aromatic carbocycles. The molecule has 0 bridgehead atoms. The average Bonchev–Trinajstić information content (AvgIpc) is 2.73. The van der Waals surface area contributed by atoms with Gasteiger partial charge < -0.3 is 0 Å². The molecule has 2 aliphatic rings. The highest BCUT2D eigenvalue weighted by molar-refractivity contribution is 8.03. The van der Waals surface area contributed by atoms with Crippen molar-refractivity contribution in [3.8, 4) is 0 Å². The number of imide groups is 1. The van der Waals surface area contributed by atoms with Crippen molar-refractivity contribution in [2.75, 3.05) is 0 Å². The quantitative estimate of drug-likeness (QED) is 0.781. The molecule has 0 fully saturated rings. The number of amides is 2. The van der Waals surface area contributed by atoms with E-state index in [-0.39, 0.29) is 17.2 Å². The van der Waals surface area contributed by atoms with Gasteiger partial charge in [-0.1, -0.05) is 36.4 Å². The third kappa shape index (κ3) is 2.70. The van der Waals surface area contributed by atoms with E-state index in [0.29, 0.717) is 6.42 Å². The van der Waals surface area contributed by atoms with E-state index in [2.05, 4.69) is 6.08 Å². The summed E-state index contributed by atoms with van der Waals surface area (Å²) in [4.78, 5) is 26.4. The maximum atomic E-state index is 11.9. The van der Waals surface area contributed by atoms with Gasteiger partial charge in [-0.25, -0.2) is 0 Å². The van der Waals surface area contributed by atoms with Crippen LogP contribution >= 0.6 is 11.8 Å². The summed E-state index contributed by atoms with van der Waals surface area (Å²) >= 11 is 1.64. The van der Waals surface area contributed by atoms with Crippen LogP contribution in [0.25, 0.3) is 0 Å².